The molecule has 0 heterocycles. The number of nitrogens with one attached hydrogen (secondary N) is 1. The largest absolute Gasteiger partial charge is 0.416 e. The molecule has 2 aromatic rings. The monoisotopic (exact) mass is 335 g/mol. The van der Waals surface area contributed by atoms with Gasteiger partial charge in [0.15, 0.2) is 0 Å². The van der Waals surface area contributed by atoms with Crippen LogP contribution in [0, 0.1) is 12.8 Å². The molecule has 1 N–H and O–H groups in total. The van der Waals surface area contributed by atoms with Crippen LogP contribution in [-0.2, 0) is 12.6 Å². The van der Waals surface area contributed by atoms with E-state index < -0.39 is 11.7 Å². The number of aryl methyl sites for hydroxylation is 1. The third kappa shape index (κ3) is 7.85. The normalized spacial score (nSPS) is 11.3. The summed E-state index contributed by atoms with van der Waals surface area (Å²) in [5.74, 6) is 0. The van der Waals surface area contributed by atoms with E-state index in [0.717, 1.165) is 24.1 Å². The summed E-state index contributed by atoms with van der Waals surface area (Å²) in [5, 5.41) is 3.18. The molecule has 0 aromatic heterocycles. The molecular weight excluding hydrogens is 311 g/mol. The SMILES string of the molecule is C#C.CCc1ccc(C(F)(F)F)cc1.CN[C@H](C)c1ccccc1. The maximum atomic E-state index is 12.0. The van der Waals surface area contributed by atoms with Gasteiger partial charge < -0.3 is 5.32 Å². The summed E-state index contributed by atoms with van der Waals surface area (Å²) in [5.41, 5.74) is 1.67. The fraction of sp³-hybridized carbons (Fsp3) is 0.300. The zero-order valence-corrected chi connectivity index (χ0v) is 14.3. The summed E-state index contributed by atoms with van der Waals surface area (Å²) in [6.07, 6.45) is 4.55. The highest BCUT2D eigenvalue weighted by Crippen LogP contribution is 2.29. The summed E-state index contributed by atoms with van der Waals surface area (Å²) in [6, 6.07) is 16.1. The third-order valence-corrected chi connectivity index (χ3v) is 3.42. The molecule has 0 spiro atoms. The van der Waals surface area contributed by atoms with Crippen LogP contribution in [-0.4, -0.2) is 7.05 Å². The number of hydrogen-bond acceptors (Lipinski definition) is 1. The van der Waals surface area contributed by atoms with Gasteiger partial charge in [0.05, 0.1) is 5.56 Å². The lowest BCUT2D eigenvalue weighted by Crippen LogP contribution is -2.11. The molecular formula is C20H24F3N. The standard InChI is InChI=1S/C9H9F3.C9H13N.C2H2/c1-2-7-3-5-8(6-4-7)9(10,11)12;1-8(10-2)9-6-4-3-5-7-9;1-2/h3-6H,2H2,1H3;3-8,10H,1-2H3;1-2H/t;8-;/m.1./s1. The van der Waals surface area contributed by atoms with E-state index in [1.165, 1.54) is 17.7 Å². The quantitative estimate of drug-likeness (QED) is 0.732. The zero-order valence-electron chi connectivity index (χ0n) is 14.3. The van der Waals surface area contributed by atoms with Crippen molar-refractivity contribution in [3.8, 4) is 12.8 Å². The van der Waals surface area contributed by atoms with Gasteiger partial charge in [-0.1, -0.05) is 49.4 Å². The molecule has 0 bridgehead atoms. The molecule has 0 saturated heterocycles. The van der Waals surface area contributed by atoms with Gasteiger partial charge in [-0.05, 0) is 43.7 Å². The Labute approximate surface area is 142 Å². The van der Waals surface area contributed by atoms with Crippen LogP contribution in [0.3, 0.4) is 0 Å². The average Bonchev–Trinajstić information content (AvgIpc) is 2.63. The highest BCUT2D eigenvalue weighted by molar-refractivity contribution is 5.24. The van der Waals surface area contributed by atoms with Crippen molar-refractivity contribution in [3.63, 3.8) is 0 Å². The van der Waals surface area contributed by atoms with Crippen LogP contribution in [0.2, 0.25) is 0 Å². The van der Waals surface area contributed by atoms with E-state index in [1.807, 2.05) is 20.0 Å². The highest BCUT2D eigenvalue weighted by atomic mass is 19.4. The van der Waals surface area contributed by atoms with E-state index in [2.05, 4.69) is 49.4 Å². The van der Waals surface area contributed by atoms with Crippen LogP contribution in [0.25, 0.3) is 0 Å². The van der Waals surface area contributed by atoms with Crippen LogP contribution in [0.15, 0.2) is 54.6 Å². The second kappa shape index (κ2) is 11.3. The molecule has 0 fully saturated rings. The second-order valence-electron chi connectivity index (χ2n) is 4.97. The lowest BCUT2D eigenvalue weighted by molar-refractivity contribution is -0.137. The number of hydrogen-bond donors (Lipinski definition) is 1. The van der Waals surface area contributed by atoms with Gasteiger partial charge in [-0.3, -0.25) is 0 Å². The van der Waals surface area contributed by atoms with Gasteiger partial charge in [0.2, 0.25) is 0 Å². The molecule has 0 radical (unpaired) electrons. The van der Waals surface area contributed by atoms with Crippen molar-refractivity contribution in [1.82, 2.24) is 5.32 Å². The number of alkyl halides is 3. The van der Waals surface area contributed by atoms with Crippen molar-refractivity contribution >= 4 is 0 Å². The van der Waals surface area contributed by atoms with Crippen molar-refractivity contribution in [2.45, 2.75) is 32.5 Å². The molecule has 1 atom stereocenters. The Morgan fingerprint density at radius 2 is 1.46 bits per heavy atom. The summed E-state index contributed by atoms with van der Waals surface area (Å²) in [4.78, 5) is 0. The van der Waals surface area contributed by atoms with E-state index in [4.69, 9.17) is 0 Å². The first-order valence-electron chi connectivity index (χ1n) is 7.60. The van der Waals surface area contributed by atoms with E-state index in [-0.39, 0.29) is 0 Å². The molecule has 2 aromatic carbocycles. The highest BCUT2D eigenvalue weighted by Gasteiger charge is 2.29. The first kappa shape index (κ1) is 21.8. The van der Waals surface area contributed by atoms with E-state index in [0.29, 0.717) is 6.04 Å². The third-order valence-electron chi connectivity index (χ3n) is 3.42. The van der Waals surface area contributed by atoms with Crippen LogP contribution in [0.1, 0.15) is 36.6 Å². The fourth-order valence-electron chi connectivity index (χ4n) is 1.84. The summed E-state index contributed by atoms with van der Waals surface area (Å²) in [6.45, 7) is 4.05. The minimum absolute atomic E-state index is 0.459. The van der Waals surface area contributed by atoms with Crippen molar-refractivity contribution in [2.75, 3.05) is 7.05 Å². The predicted octanol–water partition coefficient (Wildman–Crippen LogP) is 5.48. The maximum absolute atomic E-state index is 12.0. The first-order valence-corrected chi connectivity index (χ1v) is 7.60. The lowest BCUT2D eigenvalue weighted by Gasteiger charge is -2.08. The van der Waals surface area contributed by atoms with Gasteiger partial charge in [-0.25, -0.2) is 0 Å². The van der Waals surface area contributed by atoms with Gasteiger partial charge in [0.1, 0.15) is 0 Å². The van der Waals surface area contributed by atoms with Gasteiger partial charge in [-0.15, -0.1) is 12.8 Å². The Morgan fingerprint density at radius 1 is 0.958 bits per heavy atom. The molecule has 2 rings (SSSR count). The van der Waals surface area contributed by atoms with Gasteiger partial charge >= 0.3 is 6.18 Å². The number of rotatable bonds is 3. The zero-order chi connectivity index (χ0) is 18.6. The van der Waals surface area contributed by atoms with Crippen LogP contribution in [0.4, 0.5) is 13.2 Å². The van der Waals surface area contributed by atoms with Gasteiger partial charge in [0, 0.05) is 6.04 Å². The molecule has 0 aliphatic heterocycles. The summed E-state index contributed by atoms with van der Waals surface area (Å²) in [7, 11) is 1.97. The van der Waals surface area contributed by atoms with Crippen LogP contribution < -0.4 is 5.32 Å². The number of benzene rings is 2. The topological polar surface area (TPSA) is 12.0 Å². The van der Waals surface area contributed by atoms with Crippen molar-refractivity contribution in [3.05, 3.63) is 71.3 Å². The Bertz CT molecular complexity index is 571. The Balaban J connectivity index is 0.000000405. The maximum Gasteiger partial charge on any atom is 0.416 e. The van der Waals surface area contributed by atoms with Gasteiger partial charge in [0.25, 0.3) is 0 Å². The molecule has 0 amide bonds. The number of terminal acetylenes is 1. The van der Waals surface area contributed by atoms with Crippen LogP contribution in [0.5, 0.6) is 0 Å². The van der Waals surface area contributed by atoms with Crippen molar-refractivity contribution in [2.24, 2.45) is 0 Å². The molecule has 0 aliphatic carbocycles. The molecule has 0 aliphatic rings. The average molecular weight is 335 g/mol. The van der Waals surface area contributed by atoms with Crippen molar-refractivity contribution < 1.29 is 13.2 Å². The van der Waals surface area contributed by atoms with E-state index in [1.54, 1.807) is 0 Å². The fourth-order valence-corrected chi connectivity index (χ4v) is 1.84. The molecule has 4 heteroatoms. The Kier molecular flexibility index (Phi) is 10.3. The minimum atomic E-state index is -4.22. The van der Waals surface area contributed by atoms with E-state index >= 15 is 0 Å². The molecule has 1 nitrogen and oxygen atoms in total. The second-order valence-corrected chi connectivity index (χ2v) is 4.97. The molecule has 0 saturated carbocycles. The lowest BCUT2D eigenvalue weighted by atomic mass is 10.1. The molecule has 24 heavy (non-hydrogen) atoms. The molecule has 0 unspecified atom stereocenters. The smallest absolute Gasteiger partial charge is 0.313 e. The Morgan fingerprint density at radius 3 is 1.83 bits per heavy atom. The Hall–Kier alpha value is -2.25. The molecule has 130 valence electrons. The van der Waals surface area contributed by atoms with Crippen LogP contribution >= 0.6 is 0 Å². The first-order chi connectivity index (χ1) is 11.4. The summed E-state index contributed by atoms with van der Waals surface area (Å²) >= 11 is 0. The van der Waals surface area contributed by atoms with E-state index in [9.17, 15) is 13.2 Å². The van der Waals surface area contributed by atoms with Gasteiger partial charge in [-0.2, -0.15) is 13.2 Å². The number of halogens is 3. The summed E-state index contributed by atoms with van der Waals surface area (Å²) < 4.78 is 36.1. The predicted molar refractivity (Wildman–Crippen MR) is 94.6 cm³/mol. The minimum Gasteiger partial charge on any atom is -0.313 e. The van der Waals surface area contributed by atoms with Crippen molar-refractivity contribution in [1.29, 1.82) is 0 Å².